The predicted molar refractivity (Wildman–Crippen MR) is 113 cm³/mol. The van der Waals surface area contributed by atoms with Crippen LogP contribution in [-0.2, 0) is 14.3 Å². The highest BCUT2D eigenvalue weighted by Gasteiger charge is 2.55. The lowest BCUT2D eigenvalue weighted by Crippen LogP contribution is -2.54. The number of aliphatic hydroxyl groups excluding tert-OH is 1. The first-order valence-electron chi connectivity index (χ1n) is 11.2. The lowest BCUT2D eigenvalue weighted by molar-refractivity contribution is -0.148. The topological polar surface area (TPSA) is 83.8 Å². The number of carbonyl (C=O) groups excluding carboxylic acids is 1. The van der Waals surface area contributed by atoms with Gasteiger partial charge in [-0.15, -0.1) is 0 Å². The van der Waals surface area contributed by atoms with Gasteiger partial charge >= 0.3 is 11.9 Å². The average molecular weight is 409 g/mol. The summed E-state index contributed by atoms with van der Waals surface area (Å²) in [4.78, 5) is 22.1. The summed E-state index contributed by atoms with van der Waals surface area (Å²) in [6, 6.07) is 0. The Labute approximate surface area is 175 Å². The Morgan fingerprint density at radius 3 is 2.55 bits per heavy atom. The molecule has 0 aromatic heterocycles. The molecule has 0 bridgehead atoms. The normalized spacial score (nSPS) is 32.3. The third kappa shape index (κ3) is 5.62. The minimum atomic E-state index is -0.978. The number of aliphatic hydroxyl groups is 1. The van der Waals surface area contributed by atoms with E-state index < -0.39 is 11.9 Å². The number of ether oxygens (including phenoxy) is 1. The summed E-state index contributed by atoms with van der Waals surface area (Å²) in [6.45, 7) is 13.8. The van der Waals surface area contributed by atoms with Gasteiger partial charge in [0.15, 0.2) is 0 Å². The van der Waals surface area contributed by atoms with Crippen molar-refractivity contribution < 1.29 is 24.5 Å². The van der Waals surface area contributed by atoms with E-state index in [1.807, 2.05) is 0 Å². The van der Waals surface area contributed by atoms with E-state index in [4.69, 9.17) is 9.84 Å². The summed E-state index contributed by atoms with van der Waals surface area (Å²) in [7, 11) is 0. The first-order chi connectivity index (χ1) is 13.5. The van der Waals surface area contributed by atoms with Gasteiger partial charge in [0, 0.05) is 0 Å². The fraction of sp³-hybridized carbons (Fsp3) is 0.833. The molecule has 5 heteroatoms. The number of hydrogen-bond acceptors (Lipinski definition) is 4. The Morgan fingerprint density at radius 1 is 1.21 bits per heavy atom. The van der Waals surface area contributed by atoms with Gasteiger partial charge in [0.05, 0.1) is 25.6 Å². The maximum Gasteiger partial charge on any atom is 0.306 e. The van der Waals surface area contributed by atoms with Gasteiger partial charge in [-0.1, -0.05) is 39.8 Å². The maximum atomic E-state index is 11.5. The lowest BCUT2D eigenvalue weighted by Gasteiger charge is -2.59. The van der Waals surface area contributed by atoms with Gasteiger partial charge in [-0.2, -0.15) is 0 Å². The molecule has 2 aliphatic carbocycles. The van der Waals surface area contributed by atoms with Crippen LogP contribution in [0.15, 0.2) is 12.2 Å². The zero-order valence-corrected chi connectivity index (χ0v) is 18.7. The number of hydrogen-bond donors (Lipinski definition) is 2. The van der Waals surface area contributed by atoms with Crippen molar-refractivity contribution in [2.45, 2.75) is 91.6 Å². The SMILES string of the molecule is C=C1CC[C@H]2C(C)(C)[C@@H](O)CC[C@]2(C)[C@H]1CC[C@H](C)CCOC(=O)CCC(=O)O. The molecule has 5 nitrogen and oxygen atoms in total. The molecule has 0 aromatic carbocycles. The zero-order chi connectivity index (χ0) is 21.8. The van der Waals surface area contributed by atoms with Gasteiger partial charge in [0.2, 0.25) is 0 Å². The lowest BCUT2D eigenvalue weighted by atomic mass is 9.46. The van der Waals surface area contributed by atoms with E-state index in [0.717, 1.165) is 44.9 Å². The third-order valence-corrected chi connectivity index (χ3v) is 7.92. The number of carboxylic acid groups (broad SMARTS) is 1. The second kappa shape index (κ2) is 9.63. The number of rotatable bonds is 9. The molecule has 0 spiro atoms. The van der Waals surface area contributed by atoms with Crippen LogP contribution < -0.4 is 0 Å². The predicted octanol–water partition coefficient (Wildman–Crippen LogP) is 4.97. The molecule has 2 fully saturated rings. The summed E-state index contributed by atoms with van der Waals surface area (Å²) in [6.07, 6.45) is 6.58. The van der Waals surface area contributed by atoms with Crippen molar-refractivity contribution in [1.29, 1.82) is 0 Å². The van der Waals surface area contributed by atoms with Crippen molar-refractivity contribution in [2.75, 3.05) is 6.61 Å². The quantitative estimate of drug-likeness (QED) is 0.416. The van der Waals surface area contributed by atoms with Crippen LogP contribution in [-0.4, -0.2) is 34.9 Å². The molecule has 2 rings (SSSR count). The highest BCUT2D eigenvalue weighted by molar-refractivity contribution is 5.76. The van der Waals surface area contributed by atoms with Gasteiger partial charge in [-0.25, -0.2) is 0 Å². The van der Waals surface area contributed by atoms with Crippen LogP contribution in [0.1, 0.15) is 85.5 Å². The van der Waals surface area contributed by atoms with Crippen LogP contribution in [0, 0.1) is 28.6 Å². The Morgan fingerprint density at radius 2 is 1.90 bits per heavy atom. The molecular weight excluding hydrogens is 368 g/mol. The van der Waals surface area contributed by atoms with Crippen molar-refractivity contribution in [3.8, 4) is 0 Å². The van der Waals surface area contributed by atoms with E-state index >= 15 is 0 Å². The molecule has 166 valence electrons. The second-order valence-corrected chi connectivity index (χ2v) is 10.3. The Hall–Kier alpha value is -1.36. The van der Waals surface area contributed by atoms with Gasteiger partial charge in [0.1, 0.15) is 0 Å². The van der Waals surface area contributed by atoms with Crippen LogP contribution in [0.5, 0.6) is 0 Å². The molecule has 0 unspecified atom stereocenters. The van der Waals surface area contributed by atoms with Crippen LogP contribution in [0.4, 0.5) is 0 Å². The number of carbonyl (C=O) groups is 2. The van der Waals surface area contributed by atoms with Gasteiger partial charge in [0.25, 0.3) is 0 Å². The highest BCUT2D eigenvalue weighted by atomic mass is 16.5. The van der Waals surface area contributed by atoms with Crippen LogP contribution in [0.2, 0.25) is 0 Å². The molecule has 0 amide bonds. The molecule has 0 aromatic rings. The van der Waals surface area contributed by atoms with Gasteiger partial charge < -0.3 is 14.9 Å². The number of allylic oxidation sites excluding steroid dienone is 1. The third-order valence-electron chi connectivity index (χ3n) is 7.92. The van der Waals surface area contributed by atoms with E-state index in [1.54, 1.807) is 0 Å². The number of esters is 1. The molecule has 29 heavy (non-hydrogen) atoms. The monoisotopic (exact) mass is 408 g/mol. The molecule has 2 N–H and O–H groups in total. The van der Waals surface area contributed by atoms with E-state index in [0.29, 0.717) is 24.4 Å². The van der Waals surface area contributed by atoms with Gasteiger partial charge in [-0.3, -0.25) is 9.59 Å². The number of aliphatic carboxylic acids is 1. The zero-order valence-electron chi connectivity index (χ0n) is 18.7. The largest absolute Gasteiger partial charge is 0.481 e. The first-order valence-corrected chi connectivity index (χ1v) is 11.2. The summed E-state index contributed by atoms with van der Waals surface area (Å²) in [5, 5.41) is 19.2. The van der Waals surface area contributed by atoms with E-state index in [9.17, 15) is 14.7 Å². The van der Waals surface area contributed by atoms with Crippen molar-refractivity contribution in [1.82, 2.24) is 0 Å². The number of fused-ring (bicyclic) bond motifs is 1. The molecule has 0 aliphatic heterocycles. The minimum absolute atomic E-state index is 0.0538. The number of carboxylic acids is 1. The minimum Gasteiger partial charge on any atom is -0.481 e. The van der Waals surface area contributed by atoms with E-state index in [2.05, 4.69) is 34.3 Å². The molecule has 2 aliphatic rings. The standard InChI is InChI=1S/C24H40O5/c1-16(13-15-29-22(28)11-10-21(26)27)6-8-18-17(2)7-9-19-23(3,4)20(25)12-14-24(18,19)5/h16,18-20,25H,2,6-15H2,1,3-5H3,(H,26,27)/t16-,18-,19-,20-,24+/m0/s1. The van der Waals surface area contributed by atoms with Crippen LogP contribution in [0.3, 0.4) is 0 Å². The van der Waals surface area contributed by atoms with Crippen LogP contribution in [0.25, 0.3) is 0 Å². The smallest absolute Gasteiger partial charge is 0.306 e. The molecule has 0 radical (unpaired) electrons. The summed E-state index contributed by atoms with van der Waals surface area (Å²) >= 11 is 0. The molecule has 0 saturated heterocycles. The van der Waals surface area contributed by atoms with Crippen molar-refractivity contribution >= 4 is 11.9 Å². The first kappa shape index (κ1) is 23.9. The fourth-order valence-electron chi connectivity index (χ4n) is 5.95. The molecule has 2 saturated carbocycles. The molecule has 0 heterocycles. The van der Waals surface area contributed by atoms with Gasteiger partial charge in [-0.05, 0) is 73.5 Å². The Kier molecular flexibility index (Phi) is 7.94. The average Bonchev–Trinajstić information content (AvgIpc) is 2.63. The maximum absolute atomic E-state index is 11.5. The van der Waals surface area contributed by atoms with E-state index in [-0.39, 0.29) is 29.8 Å². The summed E-state index contributed by atoms with van der Waals surface area (Å²) in [5.74, 6) is 0.0152. The summed E-state index contributed by atoms with van der Waals surface area (Å²) < 4.78 is 5.17. The summed E-state index contributed by atoms with van der Waals surface area (Å²) in [5.41, 5.74) is 1.51. The van der Waals surface area contributed by atoms with Crippen LogP contribution >= 0.6 is 0 Å². The Balaban J connectivity index is 1.86. The second-order valence-electron chi connectivity index (χ2n) is 10.3. The highest BCUT2D eigenvalue weighted by Crippen LogP contribution is 2.61. The Bertz CT molecular complexity index is 610. The molecule has 5 atom stereocenters. The van der Waals surface area contributed by atoms with E-state index in [1.165, 1.54) is 5.57 Å². The van der Waals surface area contributed by atoms with Crippen molar-refractivity contribution in [3.05, 3.63) is 12.2 Å². The molecular formula is C24H40O5. The fourth-order valence-corrected chi connectivity index (χ4v) is 5.95. The van der Waals surface area contributed by atoms with Crippen molar-refractivity contribution in [2.24, 2.45) is 28.6 Å². The van der Waals surface area contributed by atoms with Crippen molar-refractivity contribution in [3.63, 3.8) is 0 Å².